The summed E-state index contributed by atoms with van der Waals surface area (Å²) in [6.07, 6.45) is 3.11. The SMILES string of the molecule is N#CCCN1CC2(CCOCC2)C1. The monoisotopic (exact) mass is 180 g/mol. The molecule has 2 saturated heterocycles. The van der Waals surface area contributed by atoms with Crippen LogP contribution in [0.4, 0.5) is 0 Å². The van der Waals surface area contributed by atoms with Gasteiger partial charge in [0.2, 0.25) is 0 Å². The molecule has 0 aromatic heterocycles. The highest BCUT2D eigenvalue weighted by Crippen LogP contribution is 2.39. The number of nitrogens with zero attached hydrogens (tertiary/aromatic N) is 2. The molecule has 1 spiro atoms. The maximum absolute atomic E-state index is 8.44. The Kier molecular flexibility index (Phi) is 2.52. The molecule has 2 fully saturated rings. The lowest BCUT2D eigenvalue weighted by Gasteiger charge is -2.52. The van der Waals surface area contributed by atoms with E-state index in [0.29, 0.717) is 11.8 Å². The Morgan fingerprint density at radius 1 is 1.31 bits per heavy atom. The number of likely N-dealkylation sites (tertiary alicyclic amines) is 1. The van der Waals surface area contributed by atoms with Gasteiger partial charge in [-0.05, 0) is 12.8 Å². The van der Waals surface area contributed by atoms with Gasteiger partial charge in [0.15, 0.2) is 0 Å². The number of rotatable bonds is 2. The molecule has 2 aliphatic heterocycles. The first-order valence-electron chi connectivity index (χ1n) is 5.02. The number of hydrogen-bond acceptors (Lipinski definition) is 3. The summed E-state index contributed by atoms with van der Waals surface area (Å²) in [6, 6.07) is 2.19. The first kappa shape index (κ1) is 8.98. The van der Waals surface area contributed by atoms with E-state index in [4.69, 9.17) is 10.00 Å². The molecule has 13 heavy (non-hydrogen) atoms. The largest absolute Gasteiger partial charge is 0.381 e. The summed E-state index contributed by atoms with van der Waals surface area (Å²) >= 11 is 0. The van der Waals surface area contributed by atoms with Crippen molar-refractivity contribution < 1.29 is 4.74 Å². The van der Waals surface area contributed by atoms with Crippen LogP contribution < -0.4 is 0 Å². The molecule has 0 aromatic rings. The van der Waals surface area contributed by atoms with Crippen molar-refractivity contribution in [3.05, 3.63) is 0 Å². The molecule has 72 valence electrons. The molecular weight excluding hydrogens is 164 g/mol. The second kappa shape index (κ2) is 3.65. The summed E-state index contributed by atoms with van der Waals surface area (Å²) in [4.78, 5) is 2.38. The second-order valence-electron chi connectivity index (χ2n) is 4.23. The molecule has 3 nitrogen and oxygen atoms in total. The summed E-state index contributed by atoms with van der Waals surface area (Å²) in [7, 11) is 0. The fourth-order valence-electron chi connectivity index (χ4n) is 2.39. The molecule has 2 heterocycles. The normalized spacial score (nSPS) is 26.7. The van der Waals surface area contributed by atoms with E-state index in [2.05, 4.69) is 11.0 Å². The number of nitriles is 1. The van der Waals surface area contributed by atoms with Gasteiger partial charge >= 0.3 is 0 Å². The Morgan fingerprint density at radius 3 is 2.62 bits per heavy atom. The first-order valence-corrected chi connectivity index (χ1v) is 5.02. The van der Waals surface area contributed by atoms with Crippen molar-refractivity contribution >= 4 is 0 Å². The van der Waals surface area contributed by atoms with Crippen LogP contribution in [0.3, 0.4) is 0 Å². The number of ether oxygens (including phenoxy) is 1. The Labute approximate surface area is 79.3 Å². The van der Waals surface area contributed by atoms with Gasteiger partial charge in [-0.2, -0.15) is 5.26 Å². The zero-order chi connectivity index (χ0) is 9.15. The van der Waals surface area contributed by atoms with Crippen molar-refractivity contribution in [2.24, 2.45) is 5.41 Å². The molecule has 0 radical (unpaired) electrons. The van der Waals surface area contributed by atoms with Gasteiger partial charge in [-0.3, -0.25) is 0 Å². The van der Waals surface area contributed by atoms with Crippen LogP contribution in [0.5, 0.6) is 0 Å². The quantitative estimate of drug-likeness (QED) is 0.636. The van der Waals surface area contributed by atoms with E-state index in [1.807, 2.05) is 0 Å². The van der Waals surface area contributed by atoms with E-state index in [9.17, 15) is 0 Å². The molecule has 0 atom stereocenters. The van der Waals surface area contributed by atoms with Crippen LogP contribution in [0, 0.1) is 16.7 Å². The van der Waals surface area contributed by atoms with Crippen molar-refractivity contribution in [3.8, 4) is 6.07 Å². The average molecular weight is 180 g/mol. The lowest BCUT2D eigenvalue weighted by Crippen LogP contribution is -2.58. The predicted octanol–water partition coefficient (Wildman–Crippen LogP) is 1.01. The summed E-state index contributed by atoms with van der Waals surface area (Å²) in [5.74, 6) is 0. The van der Waals surface area contributed by atoms with Gasteiger partial charge in [-0.1, -0.05) is 0 Å². The van der Waals surface area contributed by atoms with Crippen LogP contribution in [0.2, 0.25) is 0 Å². The summed E-state index contributed by atoms with van der Waals surface area (Å²) < 4.78 is 5.35. The van der Waals surface area contributed by atoms with Crippen LogP contribution in [-0.2, 0) is 4.74 Å². The highest BCUT2D eigenvalue weighted by Gasteiger charge is 2.43. The Bertz CT molecular complexity index is 207. The standard InChI is InChI=1S/C10H16N2O/c11-4-1-5-12-8-10(9-12)2-6-13-7-3-10/h1-3,5-9H2. The average Bonchev–Trinajstić information content (AvgIpc) is 2.13. The minimum absolute atomic E-state index is 0.563. The molecule has 0 aliphatic carbocycles. The molecule has 0 aromatic carbocycles. The maximum atomic E-state index is 8.44. The van der Waals surface area contributed by atoms with E-state index in [1.165, 1.54) is 25.9 Å². The zero-order valence-corrected chi connectivity index (χ0v) is 7.96. The van der Waals surface area contributed by atoms with Crippen molar-refractivity contribution in [2.75, 3.05) is 32.8 Å². The van der Waals surface area contributed by atoms with Gasteiger partial charge in [0.1, 0.15) is 0 Å². The summed E-state index contributed by atoms with van der Waals surface area (Å²) in [6.45, 7) is 5.22. The third-order valence-electron chi connectivity index (χ3n) is 3.21. The molecule has 0 saturated carbocycles. The van der Waals surface area contributed by atoms with Gasteiger partial charge in [-0.15, -0.1) is 0 Å². The zero-order valence-electron chi connectivity index (χ0n) is 7.96. The van der Waals surface area contributed by atoms with Crippen molar-refractivity contribution in [1.82, 2.24) is 4.90 Å². The van der Waals surface area contributed by atoms with Crippen molar-refractivity contribution in [3.63, 3.8) is 0 Å². The van der Waals surface area contributed by atoms with Gasteiger partial charge in [0, 0.05) is 44.7 Å². The lowest BCUT2D eigenvalue weighted by molar-refractivity contribution is -0.0794. The highest BCUT2D eigenvalue weighted by molar-refractivity contribution is 4.96. The topological polar surface area (TPSA) is 36.3 Å². The van der Waals surface area contributed by atoms with E-state index in [1.54, 1.807) is 0 Å². The smallest absolute Gasteiger partial charge is 0.0635 e. The highest BCUT2D eigenvalue weighted by atomic mass is 16.5. The Morgan fingerprint density at radius 2 is 2.00 bits per heavy atom. The fraction of sp³-hybridized carbons (Fsp3) is 0.900. The number of hydrogen-bond donors (Lipinski definition) is 0. The molecule has 0 amide bonds. The molecule has 2 rings (SSSR count). The van der Waals surface area contributed by atoms with E-state index >= 15 is 0 Å². The van der Waals surface area contributed by atoms with Crippen LogP contribution >= 0.6 is 0 Å². The predicted molar refractivity (Wildman–Crippen MR) is 49.2 cm³/mol. The van der Waals surface area contributed by atoms with E-state index in [0.717, 1.165) is 19.8 Å². The second-order valence-corrected chi connectivity index (χ2v) is 4.23. The van der Waals surface area contributed by atoms with Gasteiger partial charge in [0.05, 0.1) is 6.07 Å². The van der Waals surface area contributed by atoms with Gasteiger partial charge in [-0.25, -0.2) is 0 Å². The minimum atomic E-state index is 0.563. The van der Waals surface area contributed by atoms with Crippen molar-refractivity contribution in [2.45, 2.75) is 19.3 Å². The lowest BCUT2D eigenvalue weighted by atomic mass is 9.73. The van der Waals surface area contributed by atoms with E-state index < -0.39 is 0 Å². The van der Waals surface area contributed by atoms with Crippen LogP contribution in [0.15, 0.2) is 0 Å². The van der Waals surface area contributed by atoms with E-state index in [-0.39, 0.29) is 0 Å². The van der Waals surface area contributed by atoms with Crippen LogP contribution in [0.1, 0.15) is 19.3 Å². The van der Waals surface area contributed by atoms with Crippen molar-refractivity contribution in [1.29, 1.82) is 5.26 Å². The molecule has 0 unspecified atom stereocenters. The first-order chi connectivity index (χ1) is 6.35. The minimum Gasteiger partial charge on any atom is -0.381 e. The third kappa shape index (κ3) is 1.84. The summed E-state index contributed by atoms with van der Waals surface area (Å²) in [5.41, 5.74) is 0.563. The molecule has 0 bridgehead atoms. The molecule has 0 N–H and O–H groups in total. The molecule has 2 aliphatic rings. The Balaban J connectivity index is 1.73. The Hall–Kier alpha value is -0.590. The maximum Gasteiger partial charge on any atom is 0.0635 e. The van der Waals surface area contributed by atoms with Crippen LogP contribution in [0.25, 0.3) is 0 Å². The molecule has 3 heteroatoms. The summed E-state index contributed by atoms with van der Waals surface area (Å²) in [5, 5.41) is 8.44. The van der Waals surface area contributed by atoms with Gasteiger partial charge in [0.25, 0.3) is 0 Å². The third-order valence-corrected chi connectivity index (χ3v) is 3.21. The van der Waals surface area contributed by atoms with Crippen LogP contribution in [-0.4, -0.2) is 37.7 Å². The van der Waals surface area contributed by atoms with Gasteiger partial charge < -0.3 is 9.64 Å². The molecular formula is C10H16N2O. The fourth-order valence-corrected chi connectivity index (χ4v) is 2.39.